The number of likely N-dealkylation sites (tertiary alicyclic amines) is 1. The van der Waals surface area contributed by atoms with Crippen molar-refractivity contribution in [2.45, 2.75) is 64.6 Å². The maximum atomic E-state index is 14.0. The number of unbranched alkanes of at least 4 members (excludes halogenated alkanes) is 2. The van der Waals surface area contributed by atoms with Crippen LogP contribution >= 0.6 is 0 Å². The molecule has 0 unspecified atom stereocenters. The zero-order chi connectivity index (χ0) is 30.0. The SMILES string of the molecule is CCCCCc1ccc(C(=O)N(Cc2ccc(-c3ccc(C(=O)OC)cc3)cc2)C2CCN(Cc3ncc[nH]3)CC2)cc1. The number of amides is 1. The zero-order valence-electron chi connectivity index (χ0n) is 25.3. The number of carbonyl (C=O) groups is 2. The smallest absolute Gasteiger partial charge is 0.337 e. The number of nitrogens with one attached hydrogen (secondary N) is 1. The number of aromatic nitrogens is 2. The number of piperidine rings is 1. The van der Waals surface area contributed by atoms with Crippen LogP contribution in [0.2, 0.25) is 0 Å². The van der Waals surface area contributed by atoms with Crippen LogP contribution in [0.15, 0.2) is 85.2 Å². The molecule has 1 N–H and O–H groups in total. The summed E-state index contributed by atoms with van der Waals surface area (Å²) in [7, 11) is 1.39. The largest absolute Gasteiger partial charge is 0.465 e. The third kappa shape index (κ3) is 7.99. The molecule has 0 atom stereocenters. The van der Waals surface area contributed by atoms with Crippen molar-refractivity contribution in [1.29, 1.82) is 0 Å². The minimum absolute atomic E-state index is 0.0899. The second-order valence-electron chi connectivity index (χ2n) is 11.4. The third-order valence-electron chi connectivity index (χ3n) is 8.40. The molecule has 7 heteroatoms. The van der Waals surface area contributed by atoms with E-state index in [0.717, 1.165) is 67.0 Å². The van der Waals surface area contributed by atoms with E-state index in [0.29, 0.717) is 12.1 Å². The minimum Gasteiger partial charge on any atom is -0.465 e. The molecule has 1 aromatic heterocycles. The monoisotopic (exact) mass is 578 g/mol. The van der Waals surface area contributed by atoms with Crippen LogP contribution < -0.4 is 0 Å². The van der Waals surface area contributed by atoms with Crippen LogP contribution in [-0.2, 0) is 24.2 Å². The first-order valence-electron chi connectivity index (χ1n) is 15.4. The first kappa shape index (κ1) is 30.2. The fourth-order valence-corrected chi connectivity index (χ4v) is 5.83. The van der Waals surface area contributed by atoms with Gasteiger partial charge in [0.15, 0.2) is 0 Å². The van der Waals surface area contributed by atoms with Gasteiger partial charge in [-0.05, 0) is 72.2 Å². The van der Waals surface area contributed by atoms with Crippen molar-refractivity contribution in [3.8, 4) is 11.1 Å². The number of nitrogens with zero attached hydrogens (tertiary/aromatic N) is 3. The number of carbonyl (C=O) groups excluding carboxylic acids is 2. The average Bonchev–Trinajstić information content (AvgIpc) is 3.57. The summed E-state index contributed by atoms with van der Waals surface area (Å²) in [6, 6.07) is 24.2. The Morgan fingerprint density at radius 2 is 1.51 bits per heavy atom. The topological polar surface area (TPSA) is 78.5 Å². The van der Waals surface area contributed by atoms with E-state index in [-0.39, 0.29) is 17.9 Å². The Bertz CT molecular complexity index is 1440. The fraction of sp³-hybridized carbons (Fsp3) is 0.361. The predicted molar refractivity (Wildman–Crippen MR) is 170 cm³/mol. The first-order valence-corrected chi connectivity index (χ1v) is 15.4. The second-order valence-corrected chi connectivity index (χ2v) is 11.4. The summed E-state index contributed by atoms with van der Waals surface area (Å²) in [5.41, 5.74) is 5.74. The summed E-state index contributed by atoms with van der Waals surface area (Å²) < 4.78 is 4.81. The molecule has 1 amide bonds. The molecule has 0 bridgehead atoms. The Morgan fingerprint density at radius 1 is 0.884 bits per heavy atom. The first-order chi connectivity index (χ1) is 21.0. The van der Waals surface area contributed by atoms with Gasteiger partial charge >= 0.3 is 5.97 Å². The lowest BCUT2D eigenvalue weighted by molar-refractivity contribution is 0.0539. The van der Waals surface area contributed by atoms with E-state index in [1.54, 1.807) is 18.3 Å². The van der Waals surface area contributed by atoms with Gasteiger partial charge < -0.3 is 14.6 Å². The molecule has 0 saturated carbocycles. The van der Waals surface area contributed by atoms with E-state index in [1.807, 2.05) is 30.5 Å². The summed E-state index contributed by atoms with van der Waals surface area (Å²) in [6.45, 7) is 5.42. The lowest BCUT2D eigenvalue weighted by atomic mass is 9.99. The lowest BCUT2D eigenvalue weighted by Crippen LogP contribution is -2.47. The van der Waals surface area contributed by atoms with E-state index in [2.05, 4.69) is 63.1 Å². The molecule has 0 radical (unpaired) electrons. The molecule has 7 nitrogen and oxygen atoms in total. The number of hydrogen-bond acceptors (Lipinski definition) is 5. The molecule has 224 valence electrons. The van der Waals surface area contributed by atoms with Gasteiger partial charge in [0, 0.05) is 43.6 Å². The molecule has 1 saturated heterocycles. The van der Waals surface area contributed by atoms with Gasteiger partial charge in [0.2, 0.25) is 0 Å². The number of benzene rings is 3. The lowest BCUT2D eigenvalue weighted by Gasteiger charge is -2.38. The molecule has 1 aliphatic rings. The summed E-state index contributed by atoms with van der Waals surface area (Å²) in [4.78, 5) is 37.9. The number of H-pyrrole nitrogens is 1. The van der Waals surface area contributed by atoms with Gasteiger partial charge in [-0.25, -0.2) is 9.78 Å². The molecule has 4 aromatic rings. The van der Waals surface area contributed by atoms with Crippen LogP contribution in [-0.4, -0.2) is 57.9 Å². The number of methoxy groups -OCH3 is 1. The Balaban J connectivity index is 1.30. The molecule has 3 aromatic carbocycles. The van der Waals surface area contributed by atoms with Gasteiger partial charge in [0.05, 0.1) is 19.2 Å². The Kier molecular flexibility index (Phi) is 10.4. The van der Waals surface area contributed by atoms with E-state index >= 15 is 0 Å². The fourth-order valence-electron chi connectivity index (χ4n) is 5.83. The van der Waals surface area contributed by atoms with Crippen LogP contribution in [0.3, 0.4) is 0 Å². The molecular formula is C36H42N4O3. The standard InChI is InChI=1S/C36H42N4O3/c1-3-4-5-6-27-7-13-31(14-8-27)35(41)40(33-19-23-39(24-20-33)26-34-37-21-22-38-34)25-28-9-11-29(12-10-28)30-15-17-32(18-16-30)36(42)43-2/h7-18,21-22,33H,3-6,19-20,23-26H2,1-2H3,(H,37,38). The number of aromatic amines is 1. The van der Waals surface area contributed by atoms with Crippen LogP contribution in [0.5, 0.6) is 0 Å². The maximum Gasteiger partial charge on any atom is 0.337 e. The molecule has 2 heterocycles. The summed E-state index contributed by atoms with van der Waals surface area (Å²) >= 11 is 0. The molecule has 0 spiro atoms. The number of hydrogen-bond donors (Lipinski definition) is 1. The number of rotatable bonds is 12. The van der Waals surface area contributed by atoms with Crippen LogP contribution in [0.4, 0.5) is 0 Å². The molecular weight excluding hydrogens is 536 g/mol. The van der Waals surface area contributed by atoms with Gasteiger partial charge in [-0.1, -0.05) is 68.3 Å². The van der Waals surface area contributed by atoms with E-state index in [9.17, 15) is 9.59 Å². The zero-order valence-corrected chi connectivity index (χ0v) is 25.3. The van der Waals surface area contributed by atoms with Crippen molar-refractivity contribution in [2.75, 3.05) is 20.2 Å². The van der Waals surface area contributed by atoms with E-state index in [4.69, 9.17) is 4.74 Å². The summed E-state index contributed by atoms with van der Waals surface area (Å²) in [6.07, 6.45) is 10.2. The quantitative estimate of drug-likeness (QED) is 0.146. The number of esters is 1. The summed E-state index contributed by atoms with van der Waals surface area (Å²) in [5.74, 6) is 0.724. The van der Waals surface area contributed by atoms with Crippen LogP contribution in [0.25, 0.3) is 11.1 Å². The molecule has 0 aliphatic carbocycles. The number of aryl methyl sites for hydroxylation is 1. The van der Waals surface area contributed by atoms with Gasteiger partial charge in [-0.3, -0.25) is 9.69 Å². The molecule has 5 rings (SSSR count). The van der Waals surface area contributed by atoms with Gasteiger partial charge in [0.25, 0.3) is 5.91 Å². The highest BCUT2D eigenvalue weighted by Crippen LogP contribution is 2.25. The average molecular weight is 579 g/mol. The highest BCUT2D eigenvalue weighted by Gasteiger charge is 2.29. The van der Waals surface area contributed by atoms with Crippen LogP contribution in [0, 0.1) is 0 Å². The maximum absolute atomic E-state index is 14.0. The molecule has 43 heavy (non-hydrogen) atoms. The Labute approximate surface area is 254 Å². The van der Waals surface area contributed by atoms with Gasteiger partial charge in [-0.15, -0.1) is 0 Å². The normalized spacial score (nSPS) is 14.0. The van der Waals surface area contributed by atoms with Crippen molar-refractivity contribution >= 4 is 11.9 Å². The van der Waals surface area contributed by atoms with E-state index < -0.39 is 0 Å². The van der Waals surface area contributed by atoms with Crippen molar-refractivity contribution in [3.05, 3.63) is 113 Å². The third-order valence-corrected chi connectivity index (χ3v) is 8.40. The van der Waals surface area contributed by atoms with E-state index in [1.165, 1.54) is 31.9 Å². The molecule has 1 aliphatic heterocycles. The van der Waals surface area contributed by atoms with Gasteiger partial charge in [0.1, 0.15) is 5.82 Å². The van der Waals surface area contributed by atoms with Crippen LogP contribution in [0.1, 0.15) is 76.7 Å². The van der Waals surface area contributed by atoms with Gasteiger partial charge in [-0.2, -0.15) is 0 Å². The molecule has 1 fully saturated rings. The Hall–Kier alpha value is -4.23. The highest BCUT2D eigenvalue weighted by atomic mass is 16.5. The minimum atomic E-state index is -0.343. The highest BCUT2D eigenvalue weighted by molar-refractivity contribution is 5.94. The van der Waals surface area contributed by atoms with Crippen molar-refractivity contribution < 1.29 is 14.3 Å². The summed E-state index contributed by atoms with van der Waals surface area (Å²) in [5, 5.41) is 0. The van der Waals surface area contributed by atoms with Crippen molar-refractivity contribution in [2.24, 2.45) is 0 Å². The number of ether oxygens (including phenoxy) is 1. The van der Waals surface area contributed by atoms with Crippen molar-refractivity contribution in [1.82, 2.24) is 19.8 Å². The second kappa shape index (κ2) is 14.8. The Morgan fingerprint density at radius 3 is 2.12 bits per heavy atom. The predicted octanol–water partition coefficient (Wildman–Crippen LogP) is 6.90. The number of imidazole rings is 1. The van der Waals surface area contributed by atoms with Crippen molar-refractivity contribution in [3.63, 3.8) is 0 Å².